The van der Waals surface area contributed by atoms with Crippen molar-refractivity contribution in [1.82, 2.24) is 0 Å². The van der Waals surface area contributed by atoms with Crippen molar-refractivity contribution >= 4 is 23.2 Å². The molecule has 3 atom stereocenters. The lowest BCUT2D eigenvalue weighted by atomic mass is 10.0. The van der Waals surface area contributed by atoms with Gasteiger partial charge in [0.15, 0.2) is 0 Å². The highest BCUT2D eigenvalue weighted by Crippen LogP contribution is 2.27. The second-order valence-corrected chi connectivity index (χ2v) is 6.39. The summed E-state index contributed by atoms with van der Waals surface area (Å²) < 4.78 is 5.58. The van der Waals surface area contributed by atoms with Gasteiger partial charge in [-0.05, 0) is 38.3 Å². The minimum atomic E-state index is -0.486. The molecule has 0 spiro atoms. The molecule has 0 aliphatic carbocycles. The largest absolute Gasteiger partial charge is 0.489 e. The van der Waals surface area contributed by atoms with E-state index in [1.54, 1.807) is 18.2 Å². The molecule has 5 heteroatoms. The summed E-state index contributed by atoms with van der Waals surface area (Å²) in [5.41, 5.74) is 0. The maximum atomic E-state index is 10.1. The van der Waals surface area contributed by atoms with Crippen LogP contribution in [0.15, 0.2) is 18.2 Å². The van der Waals surface area contributed by atoms with Gasteiger partial charge in [0, 0.05) is 11.1 Å². The lowest BCUT2D eigenvalue weighted by molar-refractivity contribution is -0.931. The zero-order chi connectivity index (χ0) is 14.5. The monoisotopic (exact) mass is 318 g/mol. The van der Waals surface area contributed by atoms with Gasteiger partial charge in [-0.2, -0.15) is 0 Å². The van der Waals surface area contributed by atoms with Crippen LogP contribution in [-0.2, 0) is 0 Å². The molecule has 1 unspecified atom stereocenters. The normalized spacial score (nSPS) is 24.4. The maximum Gasteiger partial charge on any atom is 0.139 e. The quantitative estimate of drug-likeness (QED) is 0.872. The van der Waals surface area contributed by atoms with Crippen LogP contribution in [0.3, 0.4) is 0 Å². The highest BCUT2D eigenvalue weighted by atomic mass is 35.5. The molecular weight excluding hydrogens is 297 g/mol. The van der Waals surface area contributed by atoms with Gasteiger partial charge in [0.1, 0.15) is 25.0 Å². The highest BCUT2D eigenvalue weighted by Gasteiger charge is 2.24. The van der Waals surface area contributed by atoms with Crippen LogP contribution in [0.1, 0.15) is 26.2 Å². The second kappa shape index (κ2) is 7.51. The molecule has 3 nitrogen and oxygen atoms in total. The lowest BCUT2D eigenvalue weighted by Crippen LogP contribution is -3.17. The number of halogens is 2. The Bertz CT molecular complexity index is 442. The molecule has 0 radical (unpaired) electrons. The van der Waals surface area contributed by atoms with E-state index in [-0.39, 0.29) is 6.61 Å². The molecule has 20 heavy (non-hydrogen) atoms. The lowest BCUT2D eigenvalue weighted by Gasteiger charge is -2.31. The number of aliphatic hydroxyl groups excluding tert-OH is 1. The average molecular weight is 319 g/mol. The van der Waals surface area contributed by atoms with Crippen LogP contribution in [0.5, 0.6) is 5.75 Å². The van der Waals surface area contributed by atoms with Gasteiger partial charge in [-0.3, -0.25) is 0 Å². The second-order valence-electron chi connectivity index (χ2n) is 5.55. The van der Waals surface area contributed by atoms with Crippen molar-refractivity contribution in [3.05, 3.63) is 28.2 Å². The van der Waals surface area contributed by atoms with Crippen molar-refractivity contribution in [3.63, 3.8) is 0 Å². The standard InChI is InChI=1S/C15H21Cl2NO2/c1-11-4-2-3-7-18(11)9-13(19)10-20-15-8-12(16)5-6-14(15)17/h5-6,8,11,13,19H,2-4,7,9-10H2,1H3/p+1/t11-,13-/m0/s1. The van der Waals surface area contributed by atoms with Gasteiger partial charge in [-0.1, -0.05) is 23.2 Å². The Balaban J connectivity index is 1.82. The summed E-state index contributed by atoms with van der Waals surface area (Å²) in [6, 6.07) is 5.71. The van der Waals surface area contributed by atoms with Crippen molar-refractivity contribution in [2.75, 3.05) is 19.7 Å². The minimum Gasteiger partial charge on any atom is -0.489 e. The first-order chi connectivity index (χ1) is 9.56. The molecule has 2 rings (SSSR count). The summed E-state index contributed by atoms with van der Waals surface area (Å²) in [4.78, 5) is 1.46. The number of nitrogens with one attached hydrogen (secondary N) is 1. The number of likely N-dealkylation sites (tertiary alicyclic amines) is 1. The number of hydrogen-bond acceptors (Lipinski definition) is 2. The number of benzene rings is 1. The Morgan fingerprint density at radius 2 is 2.20 bits per heavy atom. The van der Waals surface area contributed by atoms with Crippen LogP contribution >= 0.6 is 23.2 Å². The fraction of sp³-hybridized carbons (Fsp3) is 0.600. The van der Waals surface area contributed by atoms with Crippen molar-refractivity contribution in [2.45, 2.75) is 38.3 Å². The van der Waals surface area contributed by atoms with Crippen molar-refractivity contribution in [3.8, 4) is 5.75 Å². The average Bonchev–Trinajstić information content (AvgIpc) is 2.42. The van der Waals surface area contributed by atoms with Gasteiger partial charge < -0.3 is 14.7 Å². The van der Waals surface area contributed by atoms with Crippen LogP contribution in [0.25, 0.3) is 0 Å². The summed E-state index contributed by atoms with van der Waals surface area (Å²) in [6.45, 7) is 4.35. The van der Waals surface area contributed by atoms with Crippen LogP contribution in [0, 0.1) is 0 Å². The van der Waals surface area contributed by atoms with E-state index in [9.17, 15) is 5.11 Å². The van der Waals surface area contributed by atoms with Crippen molar-refractivity contribution in [2.24, 2.45) is 0 Å². The summed E-state index contributed by atoms with van der Waals surface area (Å²) in [5, 5.41) is 11.2. The number of piperidine rings is 1. The third-order valence-corrected chi connectivity index (χ3v) is 4.45. The molecular formula is C15H22Cl2NO2+. The zero-order valence-corrected chi connectivity index (χ0v) is 13.3. The molecule has 0 bridgehead atoms. The summed E-state index contributed by atoms with van der Waals surface area (Å²) in [7, 11) is 0. The number of ether oxygens (including phenoxy) is 1. The molecule has 1 aromatic rings. The number of rotatable bonds is 5. The first-order valence-corrected chi connectivity index (χ1v) is 7.92. The van der Waals surface area contributed by atoms with Crippen LogP contribution in [-0.4, -0.2) is 36.9 Å². The summed E-state index contributed by atoms with van der Waals surface area (Å²) >= 11 is 11.9. The Hall–Kier alpha value is -0.480. The van der Waals surface area contributed by atoms with Gasteiger partial charge in [-0.25, -0.2) is 0 Å². The minimum absolute atomic E-state index is 0.246. The van der Waals surface area contributed by atoms with Crippen molar-refractivity contribution < 1.29 is 14.7 Å². The molecule has 2 N–H and O–H groups in total. The van der Waals surface area contributed by atoms with E-state index in [1.165, 1.54) is 24.2 Å². The SMILES string of the molecule is C[C@H]1CCCC[NH+]1C[C@H](O)COc1cc(Cl)ccc1Cl. The molecule has 0 amide bonds. The van der Waals surface area contributed by atoms with Gasteiger partial charge in [-0.15, -0.1) is 0 Å². The number of quaternary nitrogens is 1. The summed E-state index contributed by atoms with van der Waals surface area (Å²) in [6.07, 6.45) is 3.30. The van der Waals surface area contributed by atoms with E-state index in [1.807, 2.05) is 0 Å². The van der Waals surface area contributed by atoms with Crippen molar-refractivity contribution in [1.29, 1.82) is 0 Å². The van der Waals surface area contributed by atoms with Crippen LogP contribution < -0.4 is 9.64 Å². The number of hydrogen-bond donors (Lipinski definition) is 2. The molecule has 1 saturated heterocycles. The van der Waals surface area contributed by atoms with Crippen LogP contribution in [0.2, 0.25) is 10.0 Å². The summed E-state index contributed by atoms with van der Waals surface area (Å²) in [5.74, 6) is 0.528. The Labute approximate surface area is 130 Å². The van der Waals surface area contributed by atoms with Crippen LogP contribution in [0.4, 0.5) is 0 Å². The molecule has 112 valence electrons. The maximum absolute atomic E-state index is 10.1. The van der Waals surface area contributed by atoms with E-state index in [0.29, 0.717) is 21.8 Å². The van der Waals surface area contributed by atoms with E-state index in [2.05, 4.69) is 6.92 Å². The Morgan fingerprint density at radius 3 is 2.95 bits per heavy atom. The Kier molecular flexibility index (Phi) is 5.97. The Morgan fingerprint density at radius 1 is 1.40 bits per heavy atom. The van der Waals surface area contributed by atoms with E-state index in [4.69, 9.17) is 27.9 Å². The van der Waals surface area contributed by atoms with Gasteiger partial charge in [0.2, 0.25) is 0 Å². The molecule has 0 aromatic heterocycles. The zero-order valence-electron chi connectivity index (χ0n) is 11.7. The van der Waals surface area contributed by atoms with Gasteiger partial charge in [0.25, 0.3) is 0 Å². The first-order valence-electron chi connectivity index (χ1n) is 7.16. The molecule has 1 aliphatic heterocycles. The third kappa shape index (κ3) is 4.52. The topological polar surface area (TPSA) is 33.9 Å². The molecule has 0 saturated carbocycles. The fourth-order valence-corrected chi connectivity index (χ4v) is 3.03. The third-order valence-electron chi connectivity index (χ3n) is 3.90. The smallest absolute Gasteiger partial charge is 0.139 e. The van der Waals surface area contributed by atoms with E-state index in [0.717, 1.165) is 13.1 Å². The molecule has 1 aliphatic rings. The molecule has 1 fully saturated rings. The van der Waals surface area contributed by atoms with Gasteiger partial charge >= 0.3 is 0 Å². The fourth-order valence-electron chi connectivity index (χ4n) is 2.69. The molecule has 1 heterocycles. The first kappa shape index (κ1) is 15.9. The van der Waals surface area contributed by atoms with E-state index < -0.39 is 6.10 Å². The predicted octanol–water partition coefficient (Wildman–Crippen LogP) is 2.19. The van der Waals surface area contributed by atoms with E-state index >= 15 is 0 Å². The number of aliphatic hydroxyl groups is 1. The molecule has 1 aromatic carbocycles. The van der Waals surface area contributed by atoms with Gasteiger partial charge in [0.05, 0.1) is 17.6 Å². The predicted molar refractivity (Wildman–Crippen MR) is 82.0 cm³/mol. The highest BCUT2D eigenvalue weighted by molar-refractivity contribution is 6.34.